The molecule has 0 aromatic heterocycles. The van der Waals surface area contributed by atoms with Crippen LogP contribution >= 0.6 is 0 Å². The number of carbonyl (C=O) groups excluding carboxylic acids is 3. The highest BCUT2D eigenvalue weighted by Gasteiger charge is 2.19. The van der Waals surface area contributed by atoms with Gasteiger partial charge >= 0.3 is 17.9 Å². The van der Waals surface area contributed by atoms with Crippen molar-refractivity contribution in [3.05, 3.63) is 0 Å². The van der Waals surface area contributed by atoms with E-state index in [2.05, 4.69) is 27.7 Å². The zero-order valence-electron chi connectivity index (χ0n) is 47.3. The second-order valence-electron chi connectivity index (χ2n) is 22.2. The summed E-state index contributed by atoms with van der Waals surface area (Å²) in [6.45, 7) is 9.09. The van der Waals surface area contributed by atoms with Gasteiger partial charge in [-0.25, -0.2) is 0 Å². The van der Waals surface area contributed by atoms with Crippen molar-refractivity contribution in [2.24, 2.45) is 5.92 Å². The fraction of sp³-hybridized carbons (Fsp3) is 0.952. The number of hydrogen-bond acceptors (Lipinski definition) is 6. The Morgan fingerprint density at radius 3 is 0.710 bits per heavy atom. The summed E-state index contributed by atoms with van der Waals surface area (Å²) in [5, 5.41) is 0. The number of esters is 3. The normalized spacial score (nSPS) is 12.0. The van der Waals surface area contributed by atoms with Gasteiger partial charge in [0.2, 0.25) is 0 Å². The maximum absolute atomic E-state index is 12.9. The summed E-state index contributed by atoms with van der Waals surface area (Å²) in [7, 11) is 0. The molecule has 0 aromatic rings. The number of carbonyl (C=O) groups is 3. The van der Waals surface area contributed by atoms with Crippen LogP contribution < -0.4 is 0 Å². The van der Waals surface area contributed by atoms with Crippen LogP contribution in [-0.4, -0.2) is 37.2 Å². The van der Waals surface area contributed by atoms with E-state index in [1.807, 2.05) is 0 Å². The molecule has 6 heteroatoms. The molecule has 0 fully saturated rings. The van der Waals surface area contributed by atoms with E-state index in [0.717, 1.165) is 63.7 Å². The summed E-state index contributed by atoms with van der Waals surface area (Å²) in [6.07, 6.45) is 63.9. The minimum absolute atomic E-state index is 0.0612. The predicted molar refractivity (Wildman–Crippen MR) is 298 cm³/mol. The van der Waals surface area contributed by atoms with Gasteiger partial charge in [0.1, 0.15) is 13.2 Å². The molecule has 0 N–H and O–H groups in total. The Morgan fingerprint density at radius 1 is 0.275 bits per heavy atom. The maximum atomic E-state index is 12.9. The molecule has 6 nitrogen and oxygen atoms in total. The van der Waals surface area contributed by atoms with Gasteiger partial charge in [0, 0.05) is 19.3 Å². The van der Waals surface area contributed by atoms with Gasteiger partial charge in [0.05, 0.1) is 0 Å². The lowest BCUT2D eigenvalue weighted by atomic mass is 10.0. The molecule has 0 unspecified atom stereocenters. The molecule has 0 aromatic carbocycles. The third-order valence-corrected chi connectivity index (χ3v) is 14.5. The number of unbranched alkanes of at least 4 members (excludes halogenated alkanes) is 45. The van der Waals surface area contributed by atoms with Gasteiger partial charge in [0.15, 0.2) is 6.10 Å². The van der Waals surface area contributed by atoms with Crippen LogP contribution in [0, 0.1) is 5.92 Å². The van der Waals surface area contributed by atoms with E-state index in [-0.39, 0.29) is 31.1 Å². The highest BCUT2D eigenvalue weighted by molar-refractivity contribution is 5.71. The first-order chi connectivity index (χ1) is 33.9. The van der Waals surface area contributed by atoms with Gasteiger partial charge < -0.3 is 14.2 Å². The molecule has 410 valence electrons. The monoisotopic (exact) mass is 975 g/mol. The predicted octanol–water partition coefficient (Wildman–Crippen LogP) is 21.0. The number of ether oxygens (including phenoxy) is 3. The summed E-state index contributed by atoms with van der Waals surface area (Å²) in [5.41, 5.74) is 0. The van der Waals surface area contributed by atoms with Gasteiger partial charge in [-0.1, -0.05) is 323 Å². The smallest absolute Gasteiger partial charge is 0.306 e. The van der Waals surface area contributed by atoms with Crippen LogP contribution in [0.2, 0.25) is 0 Å². The topological polar surface area (TPSA) is 78.9 Å². The third kappa shape index (κ3) is 57.2. The maximum Gasteiger partial charge on any atom is 0.306 e. The van der Waals surface area contributed by atoms with Gasteiger partial charge in [0.25, 0.3) is 0 Å². The van der Waals surface area contributed by atoms with Crippen molar-refractivity contribution in [3.63, 3.8) is 0 Å². The van der Waals surface area contributed by atoms with Crippen LogP contribution in [-0.2, 0) is 28.6 Å². The molecule has 0 radical (unpaired) electrons. The van der Waals surface area contributed by atoms with Crippen molar-refractivity contribution in [2.45, 2.75) is 368 Å². The van der Waals surface area contributed by atoms with E-state index in [1.54, 1.807) is 0 Å². The van der Waals surface area contributed by atoms with Crippen LogP contribution in [0.3, 0.4) is 0 Å². The van der Waals surface area contributed by atoms with Gasteiger partial charge in [-0.15, -0.1) is 0 Å². The second-order valence-corrected chi connectivity index (χ2v) is 22.2. The Bertz CT molecular complexity index is 1040. The minimum atomic E-state index is -0.762. The third-order valence-electron chi connectivity index (χ3n) is 14.5. The van der Waals surface area contributed by atoms with Crippen molar-refractivity contribution >= 4 is 17.9 Å². The van der Waals surface area contributed by atoms with E-state index < -0.39 is 6.10 Å². The summed E-state index contributed by atoms with van der Waals surface area (Å²) in [4.78, 5) is 38.2. The zero-order chi connectivity index (χ0) is 50.2. The fourth-order valence-corrected chi connectivity index (χ4v) is 9.81. The van der Waals surface area contributed by atoms with Crippen molar-refractivity contribution in [2.75, 3.05) is 13.2 Å². The molecular weight excluding hydrogens is 853 g/mol. The van der Waals surface area contributed by atoms with E-state index in [1.165, 1.54) is 257 Å². The SMILES string of the molecule is CCCCCCCCCCCCCCCCCCCCC(=O)OC[C@@H](COC(=O)CCCCCCCCCCCCCC)OC(=O)CCCCCCCCCCCCCCCCCCCCC(C)C. The van der Waals surface area contributed by atoms with Gasteiger partial charge in [-0.05, 0) is 25.2 Å². The molecule has 0 heterocycles. The van der Waals surface area contributed by atoms with E-state index in [9.17, 15) is 14.4 Å². The van der Waals surface area contributed by atoms with Gasteiger partial charge in [-0.2, -0.15) is 0 Å². The largest absolute Gasteiger partial charge is 0.462 e. The summed E-state index contributed by atoms with van der Waals surface area (Å²) in [5.74, 6) is 0.0286. The molecule has 0 aliphatic carbocycles. The lowest BCUT2D eigenvalue weighted by Crippen LogP contribution is -2.30. The number of rotatable bonds is 58. The molecule has 0 saturated carbocycles. The van der Waals surface area contributed by atoms with E-state index in [0.29, 0.717) is 19.3 Å². The number of hydrogen-bond donors (Lipinski definition) is 0. The van der Waals surface area contributed by atoms with Crippen molar-refractivity contribution in [1.29, 1.82) is 0 Å². The molecule has 0 aliphatic rings. The summed E-state index contributed by atoms with van der Waals surface area (Å²) in [6, 6.07) is 0. The second kappa shape index (κ2) is 57.3. The summed E-state index contributed by atoms with van der Waals surface area (Å²) < 4.78 is 16.9. The first-order valence-corrected chi connectivity index (χ1v) is 31.4. The first kappa shape index (κ1) is 67.4. The zero-order valence-corrected chi connectivity index (χ0v) is 47.3. The molecule has 0 aliphatic heterocycles. The highest BCUT2D eigenvalue weighted by atomic mass is 16.6. The lowest BCUT2D eigenvalue weighted by molar-refractivity contribution is -0.167. The average Bonchev–Trinajstić information content (AvgIpc) is 3.34. The van der Waals surface area contributed by atoms with E-state index >= 15 is 0 Å². The highest BCUT2D eigenvalue weighted by Crippen LogP contribution is 2.19. The Morgan fingerprint density at radius 2 is 0.478 bits per heavy atom. The van der Waals surface area contributed by atoms with Gasteiger partial charge in [-0.3, -0.25) is 14.4 Å². The Hall–Kier alpha value is -1.59. The molecule has 0 amide bonds. The Labute approximate surface area is 431 Å². The average molecular weight is 976 g/mol. The first-order valence-electron chi connectivity index (χ1n) is 31.4. The van der Waals surface area contributed by atoms with E-state index in [4.69, 9.17) is 14.2 Å². The molecular formula is C63H122O6. The minimum Gasteiger partial charge on any atom is -0.462 e. The summed E-state index contributed by atoms with van der Waals surface area (Å²) >= 11 is 0. The van der Waals surface area contributed by atoms with Crippen molar-refractivity contribution in [3.8, 4) is 0 Å². The molecule has 69 heavy (non-hydrogen) atoms. The van der Waals surface area contributed by atoms with Crippen LogP contribution in [0.25, 0.3) is 0 Å². The van der Waals surface area contributed by atoms with Crippen molar-refractivity contribution < 1.29 is 28.6 Å². The molecule has 0 spiro atoms. The standard InChI is InChI=1S/C63H122O6/c1-5-7-9-11-13-15-17-19-20-21-25-28-31-35-39-43-47-51-55-62(65)68-58-60(57-67-61(64)54-50-46-42-38-34-18-16-14-12-10-8-6-2)69-63(66)56-52-48-44-40-36-32-29-26-23-22-24-27-30-33-37-41-45-49-53-59(3)4/h59-60H,5-58H2,1-4H3/t60-/m1/s1. The van der Waals surface area contributed by atoms with Crippen LogP contribution in [0.4, 0.5) is 0 Å². The molecule has 0 rings (SSSR count). The van der Waals surface area contributed by atoms with Crippen molar-refractivity contribution in [1.82, 2.24) is 0 Å². The fourth-order valence-electron chi connectivity index (χ4n) is 9.81. The van der Waals surface area contributed by atoms with Crippen LogP contribution in [0.5, 0.6) is 0 Å². The Kier molecular flexibility index (Phi) is 56.0. The lowest BCUT2D eigenvalue weighted by Gasteiger charge is -2.18. The van der Waals surface area contributed by atoms with Crippen LogP contribution in [0.1, 0.15) is 362 Å². The quantitative estimate of drug-likeness (QED) is 0.0343. The Balaban J connectivity index is 4.24. The molecule has 0 saturated heterocycles. The molecule has 1 atom stereocenters. The van der Waals surface area contributed by atoms with Crippen LogP contribution in [0.15, 0.2) is 0 Å². The molecule has 0 bridgehead atoms.